The molecule has 0 fully saturated rings. The number of hydrogen-bond acceptors (Lipinski definition) is 3. The molecule has 1 N–H and O–H groups in total. The Hall–Kier alpha value is -2.55. The number of nitriles is 1. The SMILES string of the molecule is N#Cc1ncccc1NCc1ccccc1C(F)(F)F. The number of benzene rings is 1. The lowest BCUT2D eigenvalue weighted by Gasteiger charge is -2.14. The third-order valence-corrected chi connectivity index (χ3v) is 2.71. The van der Waals surface area contributed by atoms with E-state index in [1.165, 1.54) is 18.3 Å². The van der Waals surface area contributed by atoms with Crippen LogP contribution >= 0.6 is 0 Å². The van der Waals surface area contributed by atoms with Gasteiger partial charge in [0.15, 0.2) is 5.69 Å². The number of alkyl halides is 3. The fourth-order valence-corrected chi connectivity index (χ4v) is 1.78. The number of nitrogens with one attached hydrogen (secondary N) is 1. The van der Waals surface area contributed by atoms with Crippen molar-refractivity contribution in [3.05, 3.63) is 59.4 Å². The molecule has 0 aliphatic heterocycles. The maximum absolute atomic E-state index is 12.8. The van der Waals surface area contributed by atoms with Gasteiger partial charge >= 0.3 is 6.18 Å². The number of hydrogen-bond donors (Lipinski definition) is 1. The fourth-order valence-electron chi connectivity index (χ4n) is 1.78. The van der Waals surface area contributed by atoms with E-state index in [0.717, 1.165) is 6.07 Å². The van der Waals surface area contributed by atoms with E-state index in [2.05, 4.69) is 10.3 Å². The summed E-state index contributed by atoms with van der Waals surface area (Å²) in [6.45, 7) is -0.0317. The maximum atomic E-state index is 12.8. The van der Waals surface area contributed by atoms with Crippen molar-refractivity contribution in [3.8, 4) is 6.07 Å². The van der Waals surface area contributed by atoms with Crippen LogP contribution in [0.2, 0.25) is 0 Å². The van der Waals surface area contributed by atoms with E-state index in [9.17, 15) is 13.2 Å². The van der Waals surface area contributed by atoms with Gasteiger partial charge in [0.1, 0.15) is 6.07 Å². The third kappa shape index (κ3) is 3.06. The monoisotopic (exact) mass is 277 g/mol. The summed E-state index contributed by atoms with van der Waals surface area (Å²) in [5.74, 6) is 0. The lowest BCUT2D eigenvalue weighted by Crippen LogP contribution is -2.12. The topological polar surface area (TPSA) is 48.7 Å². The lowest BCUT2D eigenvalue weighted by molar-refractivity contribution is -0.138. The number of rotatable bonds is 3. The van der Waals surface area contributed by atoms with Crippen molar-refractivity contribution < 1.29 is 13.2 Å². The largest absolute Gasteiger partial charge is 0.416 e. The zero-order valence-electron chi connectivity index (χ0n) is 10.3. The van der Waals surface area contributed by atoms with Crippen molar-refractivity contribution in [1.82, 2.24) is 4.98 Å². The molecule has 102 valence electrons. The molecule has 0 amide bonds. The first-order valence-corrected chi connectivity index (χ1v) is 5.76. The molecule has 2 aromatic rings. The van der Waals surface area contributed by atoms with Crippen molar-refractivity contribution in [2.75, 3.05) is 5.32 Å². The van der Waals surface area contributed by atoms with Crippen LogP contribution in [0.4, 0.5) is 18.9 Å². The molecule has 0 atom stereocenters. The van der Waals surface area contributed by atoms with Gasteiger partial charge in [0.2, 0.25) is 0 Å². The van der Waals surface area contributed by atoms with Gasteiger partial charge in [-0.2, -0.15) is 18.4 Å². The highest BCUT2D eigenvalue weighted by atomic mass is 19.4. The van der Waals surface area contributed by atoms with Gasteiger partial charge in [0.05, 0.1) is 11.3 Å². The molecule has 1 aromatic heterocycles. The molecule has 20 heavy (non-hydrogen) atoms. The van der Waals surface area contributed by atoms with Crippen LogP contribution in [0.25, 0.3) is 0 Å². The molecule has 0 saturated heterocycles. The van der Waals surface area contributed by atoms with Gasteiger partial charge in [0, 0.05) is 12.7 Å². The minimum atomic E-state index is -4.40. The van der Waals surface area contributed by atoms with Crippen LogP contribution in [0.1, 0.15) is 16.8 Å². The van der Waals surface area contributed by atoms with Gasteiger partial charge in [-0.1, -0.05) is 18.2 Å². The average Bonchev–Trinajstić information content (AvgIpc) is 2.44. The van der Waals surface area contributed by atoms with E-state index in [4.69, 9.17) is 5.26 Å². The molecule has 0 aliphatic carbocycles. The molecule has 0 radical (unpaired) electrons. The Bertz CT molecular complexity index is 645. The van der Waals surface area contributed by atoms with Crippen molar-refractivity contribution >= 4 is 5.69 Å². The molecule has 1 aromatic carbocycles. The van der Waals surface area contributed by atoms with Gasteiger partial charge in [0.25, 0.3) is 0 Å². The molecule has 3 nitrogen and oxygen atoms in total. The predicted octanol–water partition coefficient (Wildman–Crippen LogP) is 3.58. The summed E-state index contributed by atoms with van der Waals surface area (Å²) in [4.78, 5) is 3.83. The average molecular weight is 277 g/mol. The molecule has 0 bridgehead atoms. The van der Waals surface area contributed by atoms with Crippen LogP contribution in [0, 0.1) is 11.3 Å². The minimum absolute atomic E-state index is 0.0317. The molecule has 0 aliphatic rings. The molecule has 0 unspecified atom stereocenters. The normalized spacial score (nSPS) is 10.9. The minimum Gasteiger partial charge on any atom is -0.379 e. The first-order valence-electron chi connectivity index (χ1n) is 5.76. The Balaban J connectivity index is 2.22. The highest BCUT2D eigenvalue weighted by Gasteiger charge is 2.32. The molecule has 6 heteroatoms. The van der Waals surface area contributed by atoms with Gasteiger partial charge in [-0.25, -0.2) is 4.98 Å². The van der Waals surface area contributed by atoms with Crippen LogP contribution < -0.4 is 5.32 Å². The van der Waals surface area contributed by atoms with Gasteiger partial charge in [-0.15, -0.1) is 0 Å². The number of nitrogens with zero attached hydrogens (tertiary/aromatic N) is 2. The zero-order chi connectivity index (χ0) is 14.6. The second-order valence-electron chi connectivity index (χ2n) is 4.02. The predicted molar refractivity (Wildman–Crippen MR) is 67.7 cm³/mol. The first kappa shape index (κ1) is 13.9. The summed E-state index contributed by atoms with van der Waals surface area (Å²) in [7, 11) is 0. The van der Waals surface area contributed by atoms with Crippen LogP contribution in [0.3, 0.4) is 0 Å². The standard InChI is InChI=1S/C14H10F3N3/c15-14(16,17)11-5-2-1-4-10(11)9-20-12-6-3-7-19-13(12)8-18/h1-7,20H,9H2. The second kappa shape index (κ2) is 5.61. The summed E-state index contributed by atoms with van der Waals surface area (Å²) >= 11 is 0. The van der Waals surface area contributed by atoms with E-state index in [1.54, 1.807) is 18.2 Å². The van der Waals surface area contributed by atoms with Crippen LogP contribution in [0.15, 0.2) is 42.6 Å². The summed E-state index contributed by atoms with van der Waals surface area (Å²) in [5, 5.41) is 11.7. The van der Waals surface area contributed by atoms with Gasteiger partial charge in [-0.3, -0.25) is 0 Å². The van der Waals surface area contributed by atoms with Gasteiger partial charge in [-0.05, 0) is 23.8 Å². The Morgan fingerprint density at radius 3 is 2.60 bits per heavy atom. The maximum Gasteiger partial charge on any atom is 0.416 e. The molecule has 0 spiro atoms. The van der Waals surface area contributed by atoms with E-state index in [-0.39, 0.29) is 17.8 Å². The second-order valence-corrected chi connectivity index (χ2v) is 4.02. The zero-order valence-corrected chi connectivity index (χ0v) is 10.3. The van der Waals surface area contributed by atoms with Crippen molar-refractivity contribution in [3.63, 3.8) is 0 Å². The number of anilines is 1. The first-order chi connectivity index (χ1) is 9.52. The molecular weight excluding hydrogens is 267 g/mol. The summed E-state index contributed by atoms with van der Waals surface area (Å²) in [5.41, 5.74) is -0.00777. The number of halogens is 3. The van der Waals surface area contributed by atoms with E-state index in [1.807, 2.05) is 6.07 Å². The Morgan fingerprint density at radius 2 is 1.90 bits per heavy atom. The van der Waals surface area contributed by atoms with E-state index in [0.29, 0.717) is 5.69 Å². The summed E-state index contributed by atoms with van der Waals surface area (Å²) < 4.78 is 38.5. The summed E-state index contributed by atoms with van der Waals surface area (Å²) in [6.07, 6.45) is -2.95. The Morgan fingerprint density at radius 1 is 1.15 bits per heavy atom. The molecular formula is C14H10F3N3. The van der Waals surface area contributed by atoms with Crippen LogP contribution in [-0.2, 0) is 12.7 Å². The quantitative estimate of drug-likeness (QED) is 0.932. The molecule has 2 rings (SSSR count). The van der Waals surface area contributed by atoms with Crippen molar-refractivity contribution in [2.45, 2.75) is 12.7 Å². The number of aromatic nitrogens is 1. The van der Waals surface area contributed by atoms with Crippen LogP contribution in [0.5, 0.6) is 0 Å². The molecule has 0 saturated carbocycles. The number of pyridine rings is 1. The smallest absolute Gasteiger partial charge is 0.379 e. The highest BCUT2D eigenvalue weighted by molar-refractivity contribution is 5.53. The Labute approximate surface area is 113 Å². The third-order valence-electron chi connectivity index (χ3n) is 2.71. The van der Waals surface area contributed by atoms with Gasteiger partial charge < -0.3 is 5.32 Å². The van der Waals surface area contributed by atoms with E-state index < -0.39 is 11.7 Å². The lowest BCUT2D eigenvalue weighted by atomic mass is 10.1. The van der Waals surface area contributed by atoms with Crippen molar-refractivity contribution in [2.24, 2.45) is 0 Å². The van der Waals surface area contributed by atoms with Crippen molar-refractivity contribution in [1.29, 1.82) is 5.26 Å². The highest BCUT2D eigenvalue weighted by Crippen LogP contribution is 2.32. The Kier molecular flexibility index (Phi) is 3.89. The van der Waals surface area contributed by atoms with E-state index >= 15 is 0 Å². The van der Waals surface area contributed by atoms with Crippen LogP contribution in [-0.4, -0.2) is 4.98 Å². The fraction of sp³-hybridized carbons (Fsp3) is 0.143. The molecule has 1 heterocycles. The summed E-state index contributed by atoms with van der Waals surface area (Å²) in [6, 6.07) is 10.4.